The van der Waals surface area contributed by atoms with Crippen LogP contribution in [0.4, 0.5) is 5.69 Å². The third-order valence-electron chi connectivity index (χ3n) is 4.38. The largest absolute Gasteiger partial charge is 0.398 e. The highest BCUT2D eigenvalue weighted by Crippen LogP contribution is 2.22. The van der Waals surface area contributed by atoms with Crippen LogP contribution in [0.5, 0.6) is 0 Å². The molecule has 0 heterocycles. The maximum atomic E-state index is 6.18. The molecule has 0 saturated heterocycles. The summed E-state index contributed by atoms with van der Waals surface area (Å²) in [5.74, 6) is 0. The van der Waals surface area contributed by atoms with Gasteiger partial charge >= 0.3 is 0 Å². The Morgan fingerprint density at radius 2 is 1.81 bits per heavy atom. The minimum absolute atomic E-state index is 0.539. The van der Waals surface area contributed by atoms with Gasteiger partial charge in [-0.1, -0.05) is 49.7 Å². The van der Waals surface area contributed by atoms with E-state index in [1.165, 1.54) is 22.3 Å². The molecule has 2 heteroatoms. The lowest BCUT2D eigenvalue weighted by Crippen LogP contribution is -2.29. The number of aryl methyl sites for hydroxylation is 1. The van der Waals surface area contributed by atoms with E-state index < -0.39 is 0 Å². The van der Waals surface area contributed by atoms with Gasteiger partial charge < -0.3 is 11.1 Å². The Kier molecular flexibility index (Phi) is 4.26. The predicted molar refractivity (Wildman–Crippen MR) is 89.3 cm³/mol. The molecule has 0 spiro atoms. The molecule has 110 valence electrons. The van der Waals surface area contributed by atoms with Crippen LogP contribution in [0.25, 0.3) is 0 Å². The maximum absolute atomic E-state index is 6.18. The molecule has 0 atom stereocenters. The van der Waals surface area contributed by atoms with Gasteiger partial charge in [-0.3, -0.25) is 0 Å². The summed E-state index contributed by atoms with van der Waals surface area (Å²) in [6, 6.07) is 15.8. The van der Waals surface area contributed by atoms with Crippen molar-refractivity contribution in [2.75, 3.05) is 5.73 Å². The lowest BCUT2D eigenvalue weighted by Gasteiger charge is -2.14. The van der Waals surface area contributed by atoms with Crippen LogP contribution >= 0.6 is 0 Å². The Morgan fingerprint density at radius 3 is 2.43 bits per heavy atom. The molecule has 3 rings (SSSR count). The molecule has 0 aliphatic heterocycles. The molecule has 0 amide bonds. The molecular weight excluding hydrogens is 256 g/mol. The highest BCUT2D eigenvalue weighted by atomic mass is 14.9. The zero-order chi connectivity index (χ0) is 14.7. The molecule has 0 fully saturated rings. The summed E-state index contributed by atoms with van der Waals surface area (Å²) < 4.78 is 0. The number of hydrogen-bond acceptors (Lipinski definition) is 2. The third-order valence-corrected chi connectivity index (χ3v) is 4.38. The first-order valence-electron chi connectivity index (χ1n) is 7.93. The van der Waals surface area contributed by atoms with Crippen molar-refractivity contribution < 1.29 is 0 Å². The SMILES string of the molecule is CCCc1ccc(CNC2Cc3ccccc3C2)c(N)c1. The fourth-order valence-corrected chi connectivity index (χ4v) is 3.21. The standard InChI is InChI=1S/C19H24N2/c1-2-5-14-8-9-17(19(20)10-14)13-21-18-11-15-6-3-4-7-16(15)12-18/h3-4,6-10,18,21H,2,5,11-13,20H2,1H3. The van der Waals surface area contributed by atoms with Crippen LogP contribution in [0.3, 0.4) is 0 Å². The summed E-state index contributed by atoms with van der Waals surface area (Å²) in [5, 5.41) is 3.66. The Balaban J connectivity index is 1.59. The Labute approximate surface area is 127 Å². The van der Waals surface area contributed by atoms with Crippen LogP contribution in [0, 0.1) is 0 Å². The van der Waals surface area contributed by atoms with E-state index in [1.54, 1.807) is 0 Å². The first kappa shape index (κ1) is 14.2. The Bertz CT molecular complexity index is 594. The topological polar surface area (TPSA) is 38.0 Å². The van der Waals surface area contributed by atoms with Gasteiger partial charge in [0.15, 0.2) is 0 Å². The average molecular weight is 280 g/mol. The minimum atomic E-state index is 0.539. The molecule has 21 heavy (non-hydrogen) atoms. The van der Waals surface area contributed by atoms with Crippen molar-refractivity contribution in [2.24, 2.45) is 0 Å². The predicted octanol–water partition coefficient (Wildman–Crippen LogP) is 3.48. The quantitative estimate of drug-likeness (QED) is 0.823. The van der Waals surface area contributed by atoms with Gasteiger partial charge in [0.1, 0.15) is 0 Å². The maximum Gasteiger partial charge on any atom is 0.0362 e. The van der Waals surface area contributed by atoms with Crippen molar-refractivity contribution >= 4 is 5.69 Å². The van der Waals surface area contributed by atoms with E-state index in [4.69, 9.17) is 5.73 Å². The van der Waals surface area contributed by atoms with Crippen LogP contribution in [0.15, 0.2) is 42.5 Å². The summed E-state index contributed by atoms with van der Waals surface area (Å²) in [7, 11) is 0. The van der Waals surface area contributed by atoms with E-state index >= 15 is 0 Å². The second-order valence-corrected chi connectivity index (χ2v) is 6.04. The highest BCUT2D eigenvalue weighted by Gasteiger charge is 2.20. The molecular formula is C19H24N2. The summed E-state index contributed by atoms with van der Waals surface area (Å²) in [5.41, 5.74) is 12.6. The van der Waals surface area contributed by atoms with Gasteiger partial charge in [-0.2, -0.15) is 0 Å². The molecule has 3 N–H and O–H groups in total. The third kappa shape index (κ3) is 3.27. The van der Waals surface area contributed by atoms with Crippen LogP contribution < -0.4 is 11.1 Å². The van der Waals surface area contributed by atoms with E-state index in [-0.39, 0.29) is 0 Å². The van der Waals surface area contributed by atoms with Crippen LogP contribution in [0.1, 0.15) is 35.6 Å². The van der Waals surface area contributed by atoms with E-state index in [0.717, 1.165) is 37.9 Å². The number of benzene rings is 2. The zero-order valence-corrected chi connectivity index (χ0v) is 12.7. The molecule has 0 bridgehead atoms. The van der Waals surface area contributed by atoms with E-state index in [1.807, 2.05) is 0 Å². The van der Waals surface area contributed by atoms with Gasteiger partial charge in [0.05, 0.1) is 0 Å². The van der Waals surface area contributed by atoms with Crippen molar-refractivity contribution in [2.45, 2.75) is 45.2 Å². The van der Waals surface area contributed by atoms with Crippen molar-refractivity contribution in [3.8, 4) is 0 Å². The molecule has 2 aromatic rings. The fraction of sp³-hybridized carbons (Fsp3) is 0.368. The number of nitrogen functional groups attached to an aromatic ring is 1. The summed E-state index contributed by atoms with van der Waals surface area (Å²) in [4.78, 5) is 0. The number of rotatable bonds is 5. The molecule has 0 unspecified atom stereocenters. The van der Waals surface area contributed by atoms with E-state index in [2.05, 4.69) is 54.7 Å². The zero-order valence-electron chi connectivity index (χ0n) is 12.7. The number of nitrogens with one attached hydrogen (secondary N) is 1. The summed E-state index contributed by atoms with van der Waals surface area (Å²) in [6.07, 6.45) is 4.53. The number of nitrogens with two attached hydrogens (primary N) is 1. The molecule has 0 radical (unpaired) electrons. The normalized spacial score (nSPS) is 14.3. The molecule has 2 nitrogen and oxygen atoms in total. The van der Waals surface area contributed by atoms with E-state index in [9.17, 15) is 0 Å². The van der Waals surface area contributed by atoms with Crippen LogP contribution in [0.2, 0.25) is 0 Å². The second kappa shape index (κ2) is 6.31. The Hall–Kier alpha value is -1.80. The number of fused-ring (bicyclic) bond motifs is 1. The van der Waals surface area contributed by atoms with Gasteiger partial charge in [-0.05, 0) is 47.6 Å². The molecule has 1 aliphatic rings. The summed E-state index contributed by atoms with van der Waals surface area (Å²) >= 11 is 0. The first-order chi connectivity index (χ1) is 10.3. The van der Waals surface area contributed by atoms with Crippen molar-refractivity contribution in [3.63, 3.8) is 0 Å². The highest BCUT2D eigenvalue weighted by molar-refractivity contribution is 5.49. The molecule has 0 aromatic heterocycles. The van der Waals surface area contributed by atoms with Gasteiger partial charge in [-0.15, -0.1) is 0 Å². The Morgan fingerprint density at radius 1 is 1.10 bits per heavy atom. The fourth-order valence-electron chi connectivity index (χ4n) is 3.21. The lowest BCUT2D eigenvalue weighted by atomic mass is 10.1. The van der Waals surface area contributed by atoms with Crippen LogP contribution in [-0.4, -0.2) is 6.04 Å². The molecule has 0 saturated carbocycles. The lowest BCUT2D eigenvalue weighted by molar-refractivity contribution is 0.533. The van der Waals surface area contributed by atoms with Crippen LogP contribution in [-0.2, 0) is 25.8 Å². The van der Waals surface area contributed by atoms with Gasteiger partial charge in [0.25, 0.3) is 0 Å². The van der Waals surface area contributed by atoms with Crippen molar-refractivity contribution in [3.05, 3.63) is 64.7 Å². The number of hydrogen-bond donors (Lipinski definition) is 2. The summed E-state index contributed by atoms with van der Waals surface area (Å²) in [6.45, 7) is 3.06. The monoisotopic (exact) mass is 280 g/mol. The van der Waals surface area contributed by atoms with Gasteiger partial charge in [0, 0.05) is 18.3 Å². The van der Waals surface area contributed by atoms with Gasteiger partial charge in [-0.25, -0.2) is 0 Å². The van der Waals surface area contributed by atoms with Crippen molar-refractivity contribution in [1.82, 2.24) is 5.32 Å². The second-order valence-electron chi connectivity index (χ2n) is 6.04. The smallest absolute Gasteiger partial charge is 0.0362 e. The van der Waals surface area contributed by atoms with E-state index in [0.29, 0.717) is 6.04 Å². The number of anilines is 1. The molecule has 1 aliphatic carbocycles. The van der Waals surface area contributed by atoms with Crippen molar-refractivity contribution in [1.29, 1.82) is 0 Å². The average Bonchev–Trinajstić information content (AvgIpc) is 2.89. The minimum Gasteiger partial charge on any atom is -0.398 e. The van der Waals surface area contributed by atoms with Gasteiger partial charge in [0.2, 0.25) is 0 Å². The first-order valence-corrected chi connectivity index (χ1v) is 7.93. The molecule has 2 aromatic carbocycles.